The fourth-order valence-electron chi connectivity index (χ4n) is 4.78. The van der Waals surface area contributed by atoms with E-state index in [1.807, 2.05) is 51.1 Å². The molecule has 0 unspecified atom stereocenters. The van der Waals surface area contributed by atoms with Crippen LogP contribution in [-0.2, 0) is 32.6 Å². The molecule has 0 radical (unpaired) electrons. The van der Waals surface area contributed by atoms with Gasteiger partial charge in [-0.1, -0.05) is 96.4 Å². The van der Waals surface area contributed by atoms with E-state index in [4.69, 9.17) is 23.2 Å². The molecule has 4 aromatic rings. The van der Waals surface area contributed by atoms with E-state index in [0.29, 0.717) is 27.7 Å². The molecular weight excluding hydrogens is 629 g/mol. The molecule has 0 spiro atoms. The quantitative estimate of drug-likeness (QED) is 0.166. The standard InChI is InChI=1S/C35H37Cl2N3O4S/c1-4-26(3)38-35(42)33(22-27-10-6-5-7-11-27)39(23-28-12-8-9-13-32(28)37)34(41)24-40(30-18-14-25(2)15-19-30)45(43,44)31-20-16-29(36)17-21-31/h5-21,26,33H,4,22-24H2,1-3H3,(H,38,42)/t26-,33+/m1/s1. The minimum Gasteiger partial charge on any atom is -0.352 e. The zero-order valence-electron chi connectivity index (χ0n) is 25.5. The summed E-state index contributed by atoms with van der Waals surface area (Å²) in [6, 6.07) is 28.1. The molecular formula is C35H37Cl2N3O4S. The van der Waals surface area contributed by atoms with Gasteiger partial charge in [-0.3, -0.25) is 13.9 Å². The SMILES string of the molecule is CC[C@@H](C)NC(=O)[C@H](Cc1ccccc1)N(Cc1ccccc1Cl)C(=O)CN(c1ccc(C)cc1)S(=O)(=O)c1ccc(Cl)cc1. The Kier molecular flexibility index (Phi) is 11.7. The minimum atomic E-state index is -4.22. The van der Waals surface area contributed by atoms with Crippen LogP contribution in [0.1, 0.15) is 37.0 Å². The lowest BCUT2D eigenvalue weighted by Gasteiger charge is -2.34. The first-order valence-corrected chi connectivity index (χ1v) is 16.9. The second-order valence-electron chi connectivity index (χ2n) is 10.9. The molecule has 0 bridgehead atoms. The third kappa shape index (κ3) is 8.87. The molecule has 236 valence electrons. The third-order valence-corrected chi connectivity index (χ3v) is 9.98. The van der Waals surface area contributed by atoms with E-state index in [2.05, 4.69) is 5.32 Å². The van der Waals surface area contributed by atoms with Crippen LogP contribution < -0.4 is 9.62 Å². The molecule has 2 amide bonds. The van der Waals surface area contributed by atoms with Crippen LogP contribution in [0.15, 0.2) is 108 Å². The largest absolute Gasteiger partial charge is 0.352 e. The predicted molar refractivity (Wildman–Crippen MR) is 181 cm³/mol. The van der Waals surface area contributed by atoms with Crippen molar-refractivity contribution < 1.29 is 18.0 Å². The smallest absolute Gasteiger partial charge is 0.264 e. The number of hydrogen-bond acceptors (Lipinski definition) is 4. The summed E-state index contributed by atoms with van der Waals surface area (Å²) in [5, 5.41) is 3.84. The highest BCUT2D eigenvalue weighted by Gasteiger charge is 2.35. The monoisotopic (exact) mass is 665 g/mol. The van der Waals surface area contributed by atoms with Gasteiger partial charge in [-0.2, -0.15) is 0 Å². The number of benzene rings is 4. The fourth-order valence-corrected chi connectivity index (χ4v) is 6.51. The van der Waals surface area contributed by atoms with Crippen LogP contribution in [0.3, 0.4) is 0 Å². The van der Waals surface area contributed by atoms with E-state index in [1.54, 1.807) is 48.5 Å². The van der Waals surface area contributed by atoms with E-state index >= 15 is 0 Å². The summed E-state index contributed by atoms with van der Waals surface area (Å²) in [6.07, 6.45) is 0.913. The molecule has 0 aliphatic carbocycles. The Balaban J connectivity index is 1.81. The van der Waals surface area contributed by atoms with Gasteiger partial charge in [0.05, 0.1) is 10.6 Å². The Labute approximate surface area is 275 Å². The lowest BCUT2D eigenvalue weighted by molar-refractivity contribution is -0.140. The topological polar surface area (TPSA) is 86.8 Å². The second-order valence-corrected chi connectivity index (χ2v) is 13.6. The van der Waals surface area contributed by atoms with Gasteiger partial charge in [0, 0.05) is 29.1 Å². The van der Waals surface area contributed by atoms with Gasteiger partial charge in [0.2, 0.25) is 11.8 Å². The van der Waals surface area contributed by atoms with Gasteiger partial charge in [-0.15, -0.1) is 0 Å². The molecule has 0 saturated heterocycles. The van der Waals surface area contributed by atoms with Crippen LogP contribution in [0.5, 0.6) is 0 Å². The molecule has 4 rings (SSSR count). The minimum absolute atomic E-state index is 0.00728. The number of carbonyl (C=O) groups is 2. The molecule has 0 aliphatic heterocycles. The van der Waals surface area contributed by atoms with Crippen molar-refractivity contribution in [3.05, 3.63) is 130 Å². The van der Waals surface area contributed by atoms with Gasteiger partial charge in [0.25, 0.3) is 10.0 Å². The van der Waals surface area contributed by atoms with Crippen molar-refractivity contribution in [1.29, 1.82) is 0 Å². The third-order valence-electron chi connectivity index (χ3n) is 7.57. The van der Waals surface area contributed by atoms with E-state index in [1.165, 1.54) is 29.2 Å². The number of nitrogens with one attached hydrogen (secondary N) is 1. The number of amides is 2. The second kappa shape index (κ2) is 15.4. The zero-order valence-corrected chi connectivity index (χ0v) is 27.8. The number of halogens is 2. The van der Waals surface area contributed by atoms with Crippen LogP contribution in [0, 0.1) is 6.92 Å². The Morgan fingerprint density at radius 1 is 0.844 bits per heavy atom. The van der Waals surface area contributed by atoms with Crippen molar-refractivity contribution in [1.82, 2.24) is 10.2 Å². The van der Waals surface area contributed by atoms with E-state index in [-0.39, 0.29) is 29.8 Å². The lowest BCUT2D eigenvalue weighted by atomic mass is 10.0. The number of nitrogens with zero attached hydrogens (tertiary/aromatic N) is 2. The first-order valence-electron chi connectivity index (χ1n) is 14.7. The van der Waals surface area contributed by atoms with Crippen molar-refractivity contribution in [3.63, 3.8) is 0 Å². The molecule has 1 N–H and O–H groups in total. The molecule has 0 aromatic heterocycles. The number of aryl methyl sites for hydroxylation is 1. The Morgan fingerprint density at radius 2 is 1.47 bits per heavy atom. The molecule has 45 heavy (non-hydrogen) atoms. The summed E-state index contributed by atoms with van der Waals surface area (Å²) in [5.41, 5.74) is 2.72. The van der Waals surface area contributed by atoms with Gasteiger partial charge in [0.15, 0.2) is 0 Å². The van der Waals surface area contributed by atoms with E-state index < -0.39 is 28.5 Å². The summed E-state index contributed by atoms with van der Waals surface area (Å²) in [7, 11) is -4.22. The average molecular weight is 667 g/mol. The molecule has 4 aromatic carbocycles. The number of carbonyl (C=O) groups excluding carboxylic acids is 2. The first kappa shape index (κ1) is 34.0. The Morgan fingerprint density at radius 3 is 2.09 bits per heavy atom. The maximum atomic E-state index is 14.5. The maximum absolute atomic E-state index is 14.5. The van der Waals surface area contributed by atoms with E-state index in [9.17, 15) is 18.0 Å². The van der Waals surface area contributed by atoms with E-state index in [0.717, 1.165) is 15.4 Å². The van der Waals surface area contributed by atoms with Crippen LogP contribution >= 0.6 is 23.2 Å². The zero-order chi connectivity index (χ0) is 32.6. The summed E-state index contributed by atoms with van der Waals surface area (Å²) < 4.78 is 29.3. The summed E-state index contributed by atoms with van der Waals surface area (Å²) in [6.45, 7) is 5.19. The van der Waals surface area contributed by atoms with Crippen molar-refractivity contribution in [3.8, 4) is 0 Å². The maximum Gasteiger partial charge on any atom is 0.264 e. The molecule has 0 saturated carbocycles. The summed E-state index contributed by atoms with van der Waals surface area (Å²) in [4.78, 5) is 29.8. The van der Waals surface area contributed by atoms with Crippen molar-refractivity contribution in [2.75, 3.05) is 10.8 Å². The molecule has 0 aliphatic rings. The van der Waals surface area contributed by atoms with Crippen molar-refractivity contribution >= 4 is 50.7 Å². The van der Waals surface area contributed by atoms with Crippen LogP contribution in [0.2, 0.25) is 10.0 Å². The van der Waals surface area contributed by atoms with Gasteiger partial charge >= 0.3 is 0 Å². The average Bonchev–Trinajstić information content (AvgIpc) is 3.03. The molecule has 2 atom stereocenters. The van der Waals surface area contributed by atoms with Crippen molar-refractivity contribution in [2.45, 2.75) is 57.1 Å². The number of anilines is 1. The molecule has 7 nitrogen and oxygen atoms in total. The van der Waals surface area contributed by atoms with Gasteiger partial charge in [-0.05, 0) is 73.9 Å². The lowest BCUT2D eigenvalue weighted by Crippen LogP contribution is -2.54. The first-order chi connectivity index (χ1) is 21.5. The predicted octanol–water partition coefficient (Wildman–Crippen LogP) is 7.05. The highest BCUT2D eigenvalue weighted by molar-refractivity contribution is 7.92. The highest BCUT2D eigenvalue weighted by Crippen LogP contribution is 2.27. The van der Waals surface area contributed by atoms with Gasteiger partial charge < -0.3 is 10.2 Å². The molecule has 0 fully saturated rings. The summed E-state index contributed by atoms with van der Waals surface area (Å²) in [5.74, 6) is -0.899. The van der Waals surface area contributed by atoms with Gasteiger partial charge in [-0.25, -0.2) is 8.42 Å². The van der Waals surface area contributed by atoms with Crippen LogP contribution in [0.25, 0.3) is 0 Å². The van der Waals surface area contributed by atoms with Crippen LogP contribution in [0.4, 0.5) is 5.69 Å². The Bertz CT molecular complexity index is 1700. The highest BCUT2D eigenvalue weighted by atomic mass is 35.5. The number of rotatable bonds is 13. The number of sulfonamides is 1. The van der Waals surface area contributed by atoms with Crippen molar-refractivity contribution in [2.24, 2.45) is 0 Å². The Hall–Kier alpha value is -3.85. The number of hydrogen-bond donors (Lipinski definition) is 1. The summed E-state index contributed by atoms with van der Waals surface area (Å²) >= 11 is 12.6. The van der Waals surface area contributed by atoms with Gasteiger partial charge in [0.1, 0.15) is 12.6 Å². The molecule has 10 heteroatoms. The fraction of sp³-hybridized carbons (Fsp3) is 0.257. The van der Waals surface area contributed by atoms with Crippen LogP contribution in [-0.4, -0.2) is 43.8 Å². The normalized spacial score (nSPS) is 12.6. The molecule has 0 heterocycles.